The first kappa shape index (κ1) is 9.10. The second-order valence-corrected chi connectivity index (χ2v) is 3.62. The van der Waals surface area contributed by atoms with Crippen LogP contribution in [0.4, 0.5) is 0 Å². The molecular weight excluding hydrogens is 154 g/mol. The van der Waals surface area contributed by atoms with E-state index in [1.807, 2.05) is 13.8 Å². The molecule has 0 bridgehead atoms. The minimum absolute atomic E-state index is 0.00519. The van der Waals surface area contributed by atoms with Crippen LogP contribution in [0.25, 0.3) is 0 Å². The number of allylic oxidation sites excluding steroid dienone is 2. The van der Waals surface area contributed by atoms with Crippen LogP contribution >= 0.6 is 0 Å². The maximum absolute atomic E-state index is 11.6. The lowest BCUT2D eigenvalue weighted by molar-refractivity contribution is -0.150. The predicted molar refractivity (Wildman–Crippen MR) is 46.3 cm³/mol. The van der Waals surface area contributed by atoms with Crippen molar-refractivity contribution in [1.29, 1.82) is 0 Å². The van der Waals surface area contributed by atoms with Crippen LogP contribution in [-0.4, -0.2) is 23.5 Å². The van der Waals surface area contributed by atoms with Crippen molar-refractivity contribution < 1.29 is 9.53 Å². The van der Waals surface area contributed by atoms with E-state index in [9.17, 15) is 4.79 Å². The van der Waals surface area contributed by atoms with Crippen molar-refractivity contribution in [1.82, 2.24) is 4.90 Å². The maximum Gasteiger partial charge on any atom is 0.270 e. The molecule has 3 nitrogen and oxygen atoms in total. The first-order valence-electron chi connectivity index (χ1n) is 4.01. The number of carbonyl (C=O) groups excluding carboxylic acids is 1. The van der Waals surface area contributed by atoms with Gasteiger partial charge in [0.1, 0.15) is 5.76 Å². The van der Waals surface area contributed by atoms with Gasteiger partial charge in [-0.2, -0.15) is 0 Å². The van der Waals surface area contributed by atoms with E-state index in [-0.39, 0.29) is 5.91 Å². The number of amides is 1. The van der Waals surface area contributed by atoms with Crippen LogP contribution in [0.3, 0.4) is 0 Å². The third-order valence-corrected chi connectivity index (χ3v) is 2.24. The molecule has 0 saturated carbocycles. The number of hydrogen-bond donors (Lipinski definition) is 0. The Morgan fingerprint density at radius 2 is 1.83 bits per heavy atom. The molecule has 0 N–H and O–H groups in total. The number of ether oxygens (including phenoxy) is 1. The Morgan fingerprint density at radius 3 is 2.33 bits per heavy atom. The predicted octanol–water partition coefficient (Wildman–Crippen LogP) is 1.51. The lowest BCUT2D eigenvalue weighted by Gasteiger charge is -2.36. The zero-order valence-electron chi connectivity index (χ0n) is 8.26. The summed E-state index contributed by atoms with van der Waals surface area (Å²) >= 11 is 0. The van der Waals surface area contributed by atoms with Crippen LogP contribution < -0.4 is 0 Å². The fourth-order valence-electron chi connectivity index (χ4n) is 1.29. The van der Waals surface area contributed by atoms with Gasteiger partial charge >= 0.3 is 0 Å². The Bertz CT molecular complexity index is 253. The molecule has 3 heteroatoms. The van der Waals surface area contributed by atoms with Gasteiger partial charge in [0, 0.05) is 7.05 Å². The highest BCUT2D eigenvalue weighted by Crippen LogP contribution is 2.26. The fraction of sp³-hybridized carbons (Fsp3) is 0.667. The smallest absolute Gasteiger partial charge is 0.270 e. The van der Waals surface area contributed by atoms with Gasteiger partial charge in [0.05, 0.1) is 5.70 Å². The molecule has 0 atom stereocenters. The van der Waals surface area contributed by atoms with Crippen molar-refractivity contribution >= 4 is 5.91 Å². The number of carbonyl (C=O) groups is 1. The normalized spacial score (nSPS) is 22.8. The minimum atomic E-state index is -0.710. The van der Waals surface area contributed by atoms with Crippen molar-refractivity contribution in [3.8, 4) is 0 Å². The van der Waals surface area contributed by atoms with Gasteiger partial charge in [0.25, 0.3) is 5.91 Å². The van der Waals surface area contributed by atoms with Gasteiger partial charge in [-0.05, 0) is 27.7 Å². The lowest BCUT2D eigenvalue weighted by Crippen LogP contribution is -2.48. The standard InChI is InChI=1S/C9H15NO2/c1-6-7(2)12-9(3,4)8(11)10(6)5/h1-5H3. The molecule has 0 spiro atoms. The molecule has 1 aliphatic heterocycles. The van der Waals surface area contributed by atoms with Gasteiger partial charge < -0.3 is 9.64 Å². The van der Waals surface area contributed by atoms with Gasteiger partial charge in [0.15, 0.2) is 5.60 Å². The van der Waals surface area contributed by atoms with E-state index in [4.69, 9.17) is 4.74 Å². The number of hydrogen-bond acceptors (Lipinski definition) is 2. The van der Waals surface area contributed by atoms with E-state index in [1.165, 1.54) is 0 Å². The topological polar surface area (TPSA) is 29.5 Å². The molecule has 1 amide bonds. The zero-order valence-corrected chi connectivity index (χ0v) is 8.26. The molecule has 0 aromatic heterocycles. The van der Waals surface area contributed by atoms with E-state index >= 15 is 0 Å². The average Bonchev–Trinajstić information content (AvgIpc) is 1.97. The van der Waals surface area contributed by atoms with Gasteiger partial charge in [0.2, 0.25) is 0 Å². The summed E-state index contributed by atoms with van der Waals surface area (Å²) in [7, 11) is 1.77. The monoisotopic (exact) mass is 169 g/mol. The molecule has 0 unspecified atom stereocenters. The SMILES string of the molecule is CC1=C(C)N(C)C(=O)C(C)(C)O1. The first-order valence-corrected chi connectivity index (χ1v) is 4.01. The summed E-state index contributed by atoms with van der Waals surface area (Å²) in [6.45, 7) is 7.31. The van der Waals surface area contributed by atoms with Crippen molar-refractivity contribution in [2.75, 3.05) is 7.05 Å². The number of nitrogens with zero attached hydrogens (tertiary/aromatic N) is 1. The zero-order chi connectivity index (χ0) is 9.52. The van der Waals surface area contributed by atoms with Gasteiger partial charge in [-0.1, -0.05) is 0 Å². The number of rotatable bonds is 0. The van der Waals surface area contributed by atoms with Gasteiger partial charge in [-0.15, -0.1) is 0 Å². The minimum Gasteiger partial charge on any atom is -0.481 e. The molecule has 1 rings (SSSR count). The Hall–Kier alpha value is -0.990. The van der Waals surface area contributed by atoms with Crippen molar-refractivity contribution in [3.05, 3.63) is 11.5 Å². The summed E-state index contributed by atoms with van der Waals surface area (Å²) in [5.41, 5.74) is 0.178. The maximum atomic E-state index is 11.6. The van der Waals surface area contributed by atoms with Crippen LogP contribution in [0.2, 0.25) is 0 Å². The summed E-state index contributed by atoms with van der Waals surface area (Å²) < 4.78 is 5.46. The summed E-state index contributed by atoms with van der Waals surface area (Å²) in [6.07, 6.45) is 0. The highest BCUT2D eigenvalue weighted by atomic mass is 16.5. The lowest BCUT2D eigenvalue weighted by atomic mass is 10.1. The van der Waals surface area contributed by atoms with Crippen LogP contribution in [0.1, 0.15) is 27.7 Å². The Labute approximate surface area is 73.0 Å². The number of likely N-dealkylation sites (N-methyl/N-ethyl adjacent to an activating group) is 1. The van der Waals surface area contributed by atoms with E-state index in [2.05, 4.69) is 0 Å². The van der Waals surface area contributed by atoms with Crippen molar-refractivity contribution in [3.63, 3.8) is 0 Å². The van der Waals surface area contributed by atoms with Gasteiger partial charge in [-0.25, -0.2) is 0 Å². The highest BCUT2D eigenvalue weighted by Gasteiger charge is 2.37. The van der Waals surface area contributed by atoms with Crippen molar-refractivity contribution in [2.24, 2.45) is 0 Å². The quantitative estimate of drug-likeness (QED) is 0.550. The first-order chi connectivity index (χ1) is 5.36. The van der Waals surface area contributed by atoms with Crippen LogP contribution in [0.15, 0.2) is 11.5 Å². The summed E-state index contributed by atoms with van der Waals surface area (Å²) in [4.78, 5) is 13.2. The third kappa shape index (κ3) is 1.19. The van der Waals surface area contributed by atoms with E-state index in [0.29, 0.717) is 0 Å². The molecule has 1 aliphatic rings. The Balaban J connectivity index is 3.08. The Morgan fingerprint density at radius 1 is 1.33 bits per heavy atom. The van der Waals surface area contributed by atoms with E-state index < -0.39 is 5.60 Å². The van der Waals surface area contributed by atoms with E-state index in [0.717, 1.165) is 11.5 Å². The molecule has 0 fully saturated rings. The Kier molecular flexibility index (Phi) is 1.90. The molecular formula is C9H15NO2. The second-order valence-electron chi connectivity index (χ2n) is 3.62. The largest absolute Gasteiger partial charge is 0.481 e. The molecule has 68 valence electrons. The highest BCUT2D eigenvalue weighted by molar-refractivity contribution is 5.86. The average molecular weight is 169 g/mol. The molecule has 0 radical (unpaired) electrons. The summed E-state index contributed by atoms with van der Waals surface area (Å²) in [5.74, 6) is 0.827. The fourth-order valence-corrected chi connectivity index (χ4v) is 1.29. The van der Waals surface area contributed by atoms with E-state index in [1.54, 1.807) is 25.8 Å². The molecule has 0 aliphatic carbocycles. The molecule has 1 heterocycles. The van der Waals surface area contributed by atoms with Crippen molar-refractivity contribution in [2.45, 2.75) is 33.3 Å². The van der Waals surface area contributed by atoms with Crippen LogP contribution in [-0.2, 0) is 9.53 Å². The molecule has 0 saturated heterocycles. The molecule has 0 aromatic carbocycles. The van der Waals surface area contributed by atoms with Crippen LogP contribution in [0, 0.1) is 0 Å². The summed E-state index contributed by atoms with van der Waals surface area (Å²) in [6, 6.07) is 0. The third-order valence-electron chi connectivity index (χ3n) is 2.24. The summed E-state index contributed by atoms with van der Waals surface area (Å²) in [5, 5.41) is 0. The molecule has 0 aromatic rings. The second kappa shape index (κ2) is 2.51. The molecule has 12 heavy (non-hydrogen) atoms. The van der Waals surface area contributed by atoms with Gasteiger partial charge in [-0.3, -0.25) is 4.79 Å². The van der Waals surface area contributed by atoms with Crippen LogP contribution in [0.5, 0.6) is 0 Å².